The molecule has 0 aromatic heterocycles. The largest absolute Gasteiger partial charge is 0.348 e. The second-order valence-corrected chi connectivity index (χ2v) is 6.69. The Kier molecular flexibility index (Phi) is 5.25. The average molecular weight is 295 g/mol. The first-order chi connectivity index (χ1) is 9.26. The molecule has 0 saturated carbocycles. The van der Waals surface area contributed by atoms with E-state index in [2.05, 4.69) is 0 Å². The summed E-state index contributed by atoms with van der Waals surface area (Å²) in [5.74, 6) is -0.480. The van der Waals surface area contributed by atoms with Gasteiger partial charge in [0.2, 0.25) is 15.9 Å². The lowest BCUT2D eigenvalue weighted by Crippen LogP contribution is -2.38. The molecular formula is C13H17N3O3S. The van der Waals surface area contributed by atoms with Crippen molar-refractivity contribution in [1.29, 1.82) is 5.26 Å². The van der Waals surface area contributed by atoms with Crippen molar-refractivity contribution in [2.24, 2.45) is 0 Å². The van der Waals surface area contributed by atoms with Gasteiger partial charge in [-0.25, -0.2) is 8.42 Å². The van der Waals surface area contributed by atoms with Gasteiger partial charge in [-0.15, -0.1) is 0 Å². The van der Waals surface area contributed by atoms with E-state index in [1.165, 1.54) is 11.9 Å². The summed E-state index contributed by atoms with van der Waals surface area (Å²) in [6.45, 7) is -0.189. The van der Waals surface area contributed by atoms with E-state index in [0.29, 0.717) is 11.1 Å². The van der Waals surface area contributed by atoms with Crippen molar-refractivity contribution in [3.05, 3.63) is 35.4 Å². The van der Waals surface area contributed by atoms with Crippen LogP contribution in [0, 0.1) is 11.3 Å². The van der Waals surface area contributed by atoms with E-state index in [4.69, 9.17) is 5.26 Å². The maximum Gasteiger partial charge on any atom is 0.237 e. The molecule has 0 unspecified atom stereocenters. The van der Waals surface area contributed by atoms with Crippen LogP contribution in [0.4, 0.5) is 0 Å². The first-order valence-electron chi connectivity index (χ1n) is 5.89. The van der Waals surface area contributed by atoms with E-state index in [0.717, 1.165) is 4.31 Å². The molecule has 1 aromatic carbocycles. The Morgan fingerprint density at radius 3 is 2.20 bits per heavy atom. The van der Waals surface area contributed by atoms with Crippen LogP contribution >= 0.6 is 0 Å². The molecule has 20 heavy (non-hydrogen) atoms. The van der Waals surface area contributed by atoms with Gasteiger partial charge >= 0.3 is 0 Å². The van der Waals surface area contributed by atoms with Crippen LogP contribution in [-0.4, -0.2) is 51.2 Å². The molecule has 0 aliphatic rings. The number of nitriles is 1. The fourth-order valence-electron chi connectivity index (χ4n) is 1.43. The molecule has 0 atom stereocenters. The van der Waals surface area contributed by atoms with Gasteiger partial charge < -0.3 is 4.90 Å². The Hall–Kier alpha value is -1.91. The number of carbonyl (C=O) groups is 1. The molecule has 7 heteroatoms. The standard InChI is InChI=1S/C13H17N3O3S/c1-15(2)13(17)9-16(3)20(18,19)10-12-6-4-11(8-14)5-7-12/h4-7H,9-10H2,1-3H3. The molecule has 0 spiro atoms. The summed E-state index contributed by atoms with van der Waals surface area (Å²) < 4.78 is 25.2. The van der Waals surface area contributed by atoms with Gasteiger partial charge in [0.25, 0.3) is 0 Å². The molecule has 0 heterocycles. The summed E-state index contributed by atoms with van der Waals surface area (Å²) in [5, 5.41) is 8.68. The van der Waals surface area contributed by atoms with Crippen molar-refractivity contribution in [3.63, 3.8) is 0 Å². The van der Waals surface area contributed by atoms with E-state index in [1.807, 2.05) is 6.07 Å². The van der Waals surface area contributed by atoms with Gasteiger partial charge in [0.05, 0.1) is 23.9 Å². The van der Waals surface area contributed by atoms with E-state index in [-0.39, 0.29) is 18.2 Å². The molecule has 108 valence electrons. The minimum Gasteiger partial charge on any atom is -0.348 e. The van der Waals surface area contributed by atoms with Crippen molar-refractivity contribution in [2.45, 2.75) is 5.75 Å². The lowest BCUT2D eigenvalue weighted by Gasteiger charge is -2.19. The smallest absolute Gasteiger partial charge is 0.237 e. The Labute approximate surface area is 119 Å². The van der Waals surface area contributed by atoms with Gasteiger partial charge in [-0.1, -0.05) is 12.1 Å². The maximum absolute atomic E-state index is 12.1. The van der Waals surface area contributed by atoms with Crippen LogP contribution < -0.4 is 0 Å². The number of hydrogen-bond donors (Lipinski definition) is 0. The molecule has 0 radical (unpaired) electrons. The number of nitrogens with zero attached hydrogens (tertiary/aromatic N) is 3. The van der Waals surface area contributed by atoms with Crippen LogP contribution in [-0.2, 0) is 20.6 Å². The highest BCUT2D eigenvalue weighted by molar-refractivity contribution is 7.88. The molecule has 0 saturated heterocycles. The third kappa shape index (κ3) is 4.33. The number of amides is 1. The number of hydrogen-bond acceptors (Lipinski definition) is 4. The second kappa shape index (κ2) is 6.50. The van der Waals surface area contributed by atoms with E-state index >= 15 is 0 Å². The minimum absolute atomic E-state index is 0.189. The SMILES string of the molecule is CN(C)C(=O)CN(C)S(=O)(=O)Cc1ccc(C#N)cc1. The summed E-state index contributed by atoms with van der Waals surface area (Å²) in [7, 11) is 0.962. The first-order valence-corrected chi connectivity index (χ1v) is 7.50. The lowest BCUT2D eigenvalue weighted by atomic mass is 10.2. The molecule has 1 rings (SSSR count). The fraction of sp³-hybridized carbons (Fsp3) is 0.385. The van der Waals surface area contributed by atoms with Crippen LogP contribution in [0.2, 0.25) is 0 Å². The third-order valence-corrected chi connectivity index (χ3v) is 4.54. The monoisotopic (exact) mass is 295 g/mol. The average Bonchev–Trinajstić information content (AvgIpc) is 2.38. The zero-order valence-corrected chi connectivity index (χ0v) is 12.5. The summed E-state index contributed by atoms with van der Waals surface area (Å²) in [4.78, 5) is 12.9. The zero-order valence-electron chi connectivity index (χ0n) is 11.7. The lowest BCUT2D eigenvalue weighted by molar-refractivity contribution is -0.128. The molecule has 6 nitrogen and oxygen atoms in total. The maximum atomic E-state index is 12.1. The number of benzene rings is 1. The Bertz CT molecular complexity index is 615. The van der Waals surface area contributed by atoms with Crippen LogP contribution in [0.25, 0.3) is 0 Å². The van der Waals surface area contributed by atoms with Crippen LogP contribution in [0.15, 0.2) is 24.3 Å². The summed E-state index contributed by atoms with van der Waals surface area (Å²) in [5.41, 5.74) is 1.05. The summed E-state index contributed by atoms with van der Waals surface area (Å²) in [6.07, 6.45) is 0. The Morgan fingerprint density at radius 1 is 1.20 bits per heavy atom. The van der Waals surface area contributed by atoms with Crippen LogP contribution in [0.3, 0.4) is 0 Å². The highest BCUT2D eigenvalue weighted by Gasteiger charge is 2.21. The van der Waals surface area contributed by atoms with Gasteiger partial charge in [0.15, 0.2) is 0 Å². The predicted octanol–water partition coefficient (Wildman–Crippen LogP) is 0.408. The summed E-state index contributed by atoms with van der Waals surface area (Å²) >= 11 is 0. The molecule has 0 N–H and O–H groups in total. The van der Waals surface area contributed by atoms with Crippen LogP contribution in [0.5, 0.6) is 0 Å². The van der Waals surface area contributed by atoms with Gasteiger partial charge in [-0.2, -0.15) is 9.57 Å². The number of carbonyl (C=O) groups excluding carboxylic acids is 1. The molecular weight excluding hydrogens is 278 g/mol. The second-order valence-electron chi connectivity index (χ2n) is 4.61. The van der Waals surface area contributed by atoms with Crippen LogP contribution in [0.1, 0.15) is 11.1 Å². The molecule has 1 amide bonds. The van der Waals surface area contributed by atoms with Crippen molar-refractivity contribution in [3.8, 4) is 6.07 Å². The number of likely N-dealkylation sites (N-methyl/N-ethyl adjacent to an activating group) is 2. The quantitative estimate of drug-likeness (QED) is 0.788. The normalized spacial score (nSPS) is 11.2. The fourth-order valence-corrected chi connectivity index (χ4v) is 2.57. The van der Waals surface area contributed by atoms with Crippen molar-refractivity contribution in [2.75, 3.05) is 27.7 Å². The van der Waals surface area contributed by atoms with E-state index in [9.17, 15) is 13.2 Å². The summed E-state index contributed by atoms with van der Waals surface area (Å²) in [6, 6.07) is 8.29. The third-order valence-electron chi connectivity index (χ3n) is 2.76. The van der Waals surface area contributed by atoms with Gasteiger partial charge in [0.1, 0.15) is 0 Å². The van der Waals surface area contributed by atoms with Gasteiger partial charge in [-0.3, -0.25) is 4.79 Å². The minimum atomic E-state index is -3.56. The molecule has 1 aromatic rings. The highest BCUT2D eigenvalue weighted by Crippen LogP contribution is 2.10. The number of rotatable bonds is 5. The topological polar surface area (TPSA) is 81.5 Å². The van der Waals surface area contributed by atoms with Crippen molar-refractivity contribution < 1.29 is 13.2 Å². The van der Waals surface area contributed by atoms with E-state index in [1.54, 1.807) is 38.4 Å². The predicted molar refractivity (Wildman–Crippen MR) is 75.1 cm³/mol. The molecule has 0 aliphatic carbocycles. The highest BCUT2D eigenvalue weighted by atomic mass is 32.2. The Balaban J connectivity index is 2.78. The molecule has 0 bridgehead atoms. The Morgan fingerprint density at radius 2 is 1.75 bits per heavy atom. The van der Waals surface area contributed by atoms with Crippen molar-refractivity contribution in [1.82, 2.24) is 9.21 Å². The molecule has 0 fully saturated rings. The van der Waals surface area contributed by atoms with E-state index < -0.39 is 10.0 Å². The molecule has 0 aliphatic heterocycles. The van der Waals surface area contributed by atoms with Gasteiger partial charge in [0, 0.05) is 21.1 Å². The zero-order chi connectivity index (χ0) is 15.3. The van der Waals surface area contributed by atoms with Crippen molar-refractivity contribution >= 4 is 15.9 Å². The number of sulfonamides is 1. The van der Waals surface area contributed by atoms with Gasteiger partial charge in [-0.05, 0) is 17.7 Å². The first kappa shape index (κ1) is 16.1.